The largest absolute Gasteiger partial charge is 0.375 e. The van der Waals surface area contributed by atoms with Crippen LogP contribution in [0, 0.1) is 6.92 Å². The molecule has 2 rings (SSSR count). The van der Waals surface area contributed by atoms with Crippen molar-refractivity contribution in [2.45, 2.75) is 24.5 Å². The molecule has 2 N–H and O–H groups in total. The number of nitrogens with two attached hydrogens (primary N) is 1. The third-order valence-corrected chi connectivity index (χ3v) is 6.06. The summed E-state index contributed by atoms with van der Waals surface area (Å²) in [6, 6.07) is 0. The van der Waals surface area contributed by atoms with E-state index in [9.17, 15) is 8.42 Å². The van der Waals surface area contributed by atoms with Crippen LogP contribution in [0.15, 0.2) is 15.9 Å². The van der Waals surface area contributed by atoms with E-state index in [1.54, 1.807) is 6.92 Å². The van der Waals surface area contributed by atoms with Crippen molar-refractivity contribution in [3.8, 4) is 0 Å². The van der Waals surface area contributed by atoms with Gasteiger partial charge in [0.05, 0.1) is 5.69 Å². The summed E-state index contributed by atoms with van der Waals surface area (Å²) in [4.78, 5) is 3.97. The minimum atomic E-state index is -3.44. The van der Waals surface area contributed by atoms with Gasteiger partial charge in [0.1, 0.15) is 0 Å². The molecule has 1 aliphatic rings. The molecule has 1 aromatic rings. The first-order valence-electron chi connectivity index (χ1n) is 5.30. The molecule has 0 saturated heterocycles. The SMILES string of the molecule is CC1=CCCN(S(=O)(=O)c2sc(N)nc2C)C1. The number of rotatable bonds is 2. The van der Waals surface area contributed by atoms with E-state index in [0.717, 1.165) is 23.3 Å². The quantitative estimate of drug-likeness (QED) is 0.826. The third-order valence-electron chi connectivity index (χ3n) is 2.64. The lowest BCUT2D eigenvalue weighted by molar-refractivity contribution is 0.429. The lowest BCUT2D eigenvalue weighted by atomic mass is 10.2. The van der Waals surface area contributed by atoms with Gasteiger partial charge in [0.2, 0.25) is 0 Å². The molecule has 0 aromatic carbocycles. The second-order valence-electron chi connectivity index (χ2n) is 4.10. The van der Waals surface area contributed by atoms with Crippen LogP contribution in [-0.4, -0.2) is 30.8 Å². The number of anilines is 1. The summed E-state index contributed by atoms with van der Waals surface area (Å²) in [7, 11) is -3.44. The second kappa shape index (κ2) is 4.40. The maximum absolute atomic E-state index is 12.4. The minimum Gasteiger partial charge on any atom is -0.375 e. The van der Waals surface area contributed by atoms with Crippen molar-refractivity contribution in [2.24, 2.45) is 0 Å². The molecular weight excluding hydrogens is 258 g/mol. The standard InChI is InChI=1S/C10H15N3O2S2/c1-7-4-3-5-13(6-7)17(14,15)9-8(2)12-10(11)16-9/h4H,3,5-6H2,1-2H3,(H2,11,12). The van der Waals surface area contributed by atoms with Crippen molar-refractivity contribution < 1.29 is 8.42 Å². The second-order valence-corrected chi connectivity index (χ2v) is 7.27. The van der Waals surface area contributed by atoms with E-state index < -0.39 is 10.0 Å². The molecule has 0 aliphatic carbocycles. The van der Waals surface area contributed by atoms with Gasteiger partial charge in [-0.05, 0) is 20.3 Å². The first-order chi connectivity index (χ1) is 7.91. The Morgan fingerprint density at radius 3 is 2.71 bits per heavy atom. The predicted octanol–water partition coefficient (Wildman–Crippen LogP) is 1.37. The lowest BCUT2D eigenvalue weighted by Crippen LogP contribution is -2.35. The van der Waals surface area contributed by atoms with Crippen molar-refractivity contribution in [3.63, 3.8) is 0 Å². The van der Waals surface area contributed by atoms with Gasteiger partial charge in [-0.1, -0.05) is 23.0 Å². The normalized spacial score (nSPS) is 18.1. The molecule has 0 bridgehead atoms. The molecule has 2 heterocycles. The molecule has 0 amide bonds. The Balaban J connectivity index is 2.37. The van der Waals surface area contributed by atoms with Crippen LogP contribution in [0.1, 0.15) is 19.0 Å². The maximum Gasteiger partial charge on any atom is 0.254 e. The van der Waals surface area contributed by atoms with E-state index >= 15 is 0 Å². The fourth-order valence-corrected chi connectivity index (χ4v) is 4.77. The van der Waals surface area contributed by atoms with E-state index in [2.05, 4.69) is 11.1 Å². The number of thiazole rings is 1. The summed E-state index contributed by atoms with van der Waals surface area (Å²) in [5, 5.41) is 0.297. The summed E-state index contributed by atoms with van der Waals surface area (Å²) in [5.41, 5.74) is 7.11. The number of sulfonamides is 1. The highest BCUT2D eigenvalue weighted by molar-refractivity contribution is 7.91. The predicted molar refractivity (Wildman–Crippen MR) is 68.4 cm³/mol. The zero-order valence-electron chi connectivity index (χ0n) is 9.80. The average Bonchev–Trinajstić information content (AvgIpc) is 2.58. The molecule has 0 radical (unpaired) electrons. The van der Waals surface area contributed by atoms with Gasteiger partial charge in [-0.2, -0.15) is 4.31 Å². The average molecular weight is 273 g/mol. The van der Waals surface area contributed by atoms with Gasteiger partial charge in [-0.25, -0.2) is 13.4 Å². The number of nitrogens with zero attached hydrogens (tertiary/aromatic N) is 2. The summed E-state index contributed by atoms with van der Waals surface area (Å²) in [6.07, 6.45) is 2.83. The molecular formula is C10H15N3O2S2. The highest BCUT2D eigenvalue weighted by atomic mass is 32.2. The topological polar surface area (TPSA) is 76.3 Å². The first-order valence-corrected chi connectivity index (χ1v) is 7.55. The van der Waals surface area contributed by atoms with Gasteiger partial charge >= 0.3 is 0 Å². The van der Waals surface area contributed by atoms with Gasteiger partial charge in [-0.15, -0.1) is 0 Å². The Hall–Kier alpha value is -0.920. The molecule has 7 heteroatoms. The van der Waals surface area contributed by atoms with Crippen LogP contribution >= 0.6 is 11.3 Å². The summed E-state index contributed by atoms with van der Waals surface area (Å²) >= 11 is 1.03. The fraction of sp³-hybridized carbons (Fsp3) is 0.500. The van der Waals surface area contributed by atoms with Gasteiger partial charge in [0.15, 0.2) is 9.34 Å². The summed E-state index contributed by atoms with van der Waals surface area (Å²) in [6.45, 7) is 4.60. The van der Waals surface area contributed by atoms with Crippen molar-refractivity contribution in [3.05, 3.63) is 17.3 Å². The van der Waals surface area contributed by atoms with Crippen LogP contribution in [0.4, 0.5) is 5.13 Å². The highest BCUT2D eigenvalue weighted by Crippen LogP contribution is 2.29. The molecule has 1 aliphatic heterocycles. The van der Waals surface area contributed by atoms with Gasteiger partial charge in [0.25, 0.3) is 10.0 Å². The highest BCUT2D eigenvalue weighted by Gasteiger charge is 2.29. The fourth-order valence-electron chi connectivity index (χ4n) is 1.84. The minimum absolute atomic E-state index is 0.268. The molecule has 0 unspecified atom stereocenters. The monoisotopic (exact) mass is 273 g/mol. The van der Waals surface area contributed by atoms with E-state index in [-0.39, 0.29) is 4.21 Å². The Labute approximate surface area is 105 Å². The molecule has 5 nitrogen and oxygen atoms in total. The molecule has 0 fully saturated rings. The number of nitrogen functional groups attached to an aromatic ring is 1. The Morgan fingerprint density at radius 2 is 2.18 bits per heavy atom. The van der Waals surface area contributed by atoms with E-state index in [0.29, 0.717) is 23.9 Å². The molecule has 0 saturated carbocycles. The van der Waals surface area contributed by atoms with Crippen molar-refractivity contribution >= 4 is 26.5 Å². The lowest BCUT2D eigenvalue weighted by Gasteiger charge is -2.24. The van der Waals surface area contributed by atoms with Gasteiger partial charge in [-0.3, -0.25) is 0 Å². The molecule has 0 atom stereocenters. The molecule has 1 aromatic heterocycles. The molecule has 94 valence electrons. The van der Waals surface area contributed by atoms with Crippen LogP contribution in [0.3, 0.4) is 0 Å². The zero-order valence-corrected chi connectivity index (χ0v) is 11.4. The Kier molecular flexibility index (Phi) is 3.24. The van der Waals surface area contributed by atoms with Crippen LogP contribution in [0.25, 0.3) is 0 Å². The van der Waals surface area contributed by atoms with Crippen LogP contribution in [0.2, 0.25) is 0 Å². The van der Waals surface area contributed by atoms with Crippen molar-refractivity contribution in [2.75, 3.05) is 18.8 Å². The Bertz CT molecular complexity index is 560. The first kappa shape index (κ1) is 12.5. The molecule has 0 spiro atoms. The van der Waals surface area contributed by atoms with E-state index in [1.165, 1.54) is 4.31 Å². The summed E-state index contributed by atoms with van der Waals surface area (Å²) < 4.78 is 26.5. The van der Waals surface area contributed by atoms with E-state index in [1.807, 2.05) is 6.92 Å². The number of aromatic nitrogens is 1. The van der Waals surface area contributed by atoms with E-state index in [4.69, 9.17) is 5.73 Å². The summed E-state index contributed by atoms with van der Waals surface area (Å²) in [5.74, 6) is 0. The van der Waals surface area contributed by atoms with Crippen LogP contribution in [0.5, 0.6) is 0 Å². The number of hydrogen-bond donors (Lipinski definition) is 1. The maximum atomic E-state index is 12.4. The number of aryl methyl sites for hydroxylation is 1. The number of hydrogen-bond acceptors (Lipinski definition) is 5. The van der Waals surface area contributed by atoms with Crippen molar-refractivity contribution in [1.82, 2.24) is 9.29 Å². The van der Waals surface area contributed by atoms with Crippen molar-refractivity contribution in [1.29, 1.82) is 0 Å². The van der Waals surface area contributed by atoms with Gasteiger partial charge < -0.3 is 5.73 Å². The van der Waals surface area contributed by atoms with Crippen LogP contribution in [-0.2, 0) is 10.0 Å². The molecule has 17 heavy (non-hydrogen) atoms. The van der Waals surface area contributed by atoms with Gasteiger partial charge in [0, 0.05) is 13.1 Å². The third kappa shape index (κ3) is 2.36. The smallest absolute Gasteiger partial charge is 0.254 e. The zero-order chi connectivity index (χ0) is 12.6. The van der Waals surface area contributed by atoms with Crippen LogP contribution < -0.4 is 5.73 Å². The Morgan fingerprint density at radius 1 is 1.47 bits per heavy atom.